The summed E-state index contributed by atoms with van der Waals surface area (Å²) in [6, 6.07) is 3.48. The van der Waals surface area contributed by atoms with Gasteiger partial charge in [0.05, 0.1) is 12.8 Å². The summed E-state index contributed by atoms with van der Waals surface area (Å²) < 4.78 is 6.32. The van der Waals surface area contributed by atoms with E-state index in [1.54, 1.807) is 34.6 Å². The van der Waals surface area contributed by atoms with E-state index >= 15 is 0 Å². The molecule has 0 spiro atoms. The molecule has 1 N–H and O–H groups in total. The molecule has 0 fully saturated rings. The number of amides is 1. The van der Waals surface area contributed by atoms with Crippen LogP contribution < -0.4 is 5.32 Å². The first-order valence-corrected chi connectivity index (χ1v) is 6.51. The van der Waals surface area contributed by atoms with Gasteiger partial charge in [-0.05, 0) is 17.5 Å². The minimum Gasteiger partial charge on any atom is -0.465 e. The number of nitrogens with zero attached hydrogens (tertiary/aromatic N) is 2. The first-order chi connectivity index (χ1) is 9.20. The van der Waals surface area contributed by atoms with Crippen molar-refractivity contribution in [3.05, 3.63) is 34.8 Å². The van der Waals surface area contributed by atoms with Crippen LogP contribution in [0.25, 0.3) is 0 Å². The molecule has 0 unspecified atom stereocenters. The first-order valence-electron chi connectivity index (χ1n) is 5.64. The summed E-state index contributed by atoms with van der Waals surface area (Å²) in [6.07, 6.45) is 3.74. The molecular weight excluding hydrogens is 266 g/mol. The number of hydrogen-bond donors (Lipinski definition) is 1. The number of esters is 1. The fraction of sp³-hybridized carbons (Fsp3) is 0.250. The van der Waals surface area contributed by atoms with E-state index in [4.69, 9.17) is 0 Å². The van der Waals surface area contributed by atoms with Gasteiger partial charge in [0.2, 0.25) is 5.91 Å². The molecule has 7 heteroatoms. The summed E-state index contributed by atoms with van der Waals surface area (Å²) in [6.45, 7) is 0.497. The molecular formula is C12H13N3O3S. The number of aromatic nitrogens is 2. The lowest BCUT2D eigenvalue weighted by atomic mass is 10.3. The van der Waals surface area contributed by atoms with E-state index in [0.29, 0.717) is 17.1 Å². The highest BCUT2D eigenvalue weighted by atomic mass is 32.1. The fourth-order valence-corrected chi connectivity index (χ4v) is 2.29. The van der Waals surface area contributed by atoms with Gasteiger partial charge in [-0.3, -0.25) is 9.48 Å². The molecule has 0 aromatic carbocycles. The van der Waals surface area contributed by atoms with Gasteiger partial charge in [0.15, 0.2) is 0 Å². The van der Waals surface area contributed by atoms with Gasteiger partial charge in [-0.2, -0.15) is 5.10 Å². The fourth-order valence-electron chi connectivity index (χ4n) is 1.52. The van der Waals surface area contributed by atoms with Crippen molar-refractivity contribution in [2.24, 2.45) is 0 Å². The number of rotatable bonds is 5. The Balaban J connectivity index is 1.92. The molecule has 0 saturated carbocycles. The third-order valence-electron chi connectivity index (χ3n) is 2.44. The summed E-state index contributed by atoms with van der Waals surface area (Å²) in [4.78, 5) is 23.6. The first kappa shape index (κ1) is 13.3. The monoisotopic (exact) mass is 279 g/mol. The van der Waals surface area contributed by atoms with Crippen LogP contribution in [0.1, 0.15) is 16.1 Å². The molecule has 2 rings (SSSR count). The van der Waals surface area contributed by atoms with Gasteiger partial charge in [0.25, 0.3) is 0 Å². The molecule has 2 heterocycles. The normalized spacial score (nSPS) is 10.2. The second-order valence-electron chi connectivity index (χ2n) is 3.72. The number of carbonyl (C=O) groups excluding carboxylic acids is 2. The number of hydrogen-bond acceptors (Lipinski definition) is 5. The minimum atomic E-state index is -0.447. The lowest BCUT2D eigenvalue weighted by Crippen LogP contribution is -2.16. The highest BCUT2D eigenvalue weighted by Gasteiger charge is 2.15. The van der Waals surface area contributed by atoms with Gasteiger partial charge >= 0.3 is 5.97 Å². The van der Waals surface area contributed by atoms with Crippen LogP contribution in [0.5, 0.6) is 0 Å². The summed E-state index contributed by atoms with van der Waals surface area (Å²) >= 11 is 1.23. The maximum absolute atomic E-state index is 11.8. The van der Waals surface area contributed by atoms with Crippen LogP contribution in [0.2, 0.25) is 0 Å². The highest BCUT2D eigenvalue weighted by Crippen LogP contribution is 2.23. The molecule has 19 heavy (non-hydrogen) atoms. The van der Waals surface area contributed by atoms with Crippen LogP contribution in [0, 0.1) is 0 Å². The maximum Gasteiger partial charge on any atom is 0.350 e. The third kappa shape index (κ3) is 3.41. The Morgan fingerprint density at radius 1 is 1.53 bits per heavy atom. The van der Waals surface area contributed by atoms with Crippen LogP contribution in [0.4, 0.5) is 5.69 Å². The van der Waals surface area contributed by atoms with Crippen molar-refractivity contribution in [2.45, 2.75) is 13.0 Å². The van der Waals surface area contributed by atoms with Gasteiger partial charge in [0.1, 0.15) is 4.88 Å². The van der Waals surface area contributed by atoms with E-state index in [1.807, 2.05) is 0 Å². The zero-order valence-corrected chi connectivity index (χ0v) is 11.1. The number of thiophene rings is 1. The molecule has 1 amide bonds. The van der Waals surface area contributed by atoms with Crippen molar-refractivity contribution in [1.82, 2.24) is 9.78 Å². The van der Waals surface area contributed by atoms with E-state index in [1.165, 1.54) is 18.4 Å². The molecule has 0 atom stereocenters. The number of ether oxygens (including phenoxy) is 1. The highest BCUT2D eigenvalue weighted by molar-refractivity contribution is 7.12. The van der Waals surface area contributed by atoms with Crippen molar-refractivity contribution in [2.75, 3.05) is 12.4 Å². The number of methoxy groups -OCH3 is 1. The van der Waals surface area contributed by atoms with Crippen molar-refractivity contribution < 1.29 is 14.3 Å². The predicted octanol–water partition coefficient (Wildman–Crippen LogP) is 1.76. The topological polar surface area (TPSA) is 73.2 Å². The van der Waals surface area contributed by atoms with E-state index < -0.39 is 5.97 Å². The summed E-state index contributed by atoms with van der Waals surface area (Å²) in [7, 11) is 1.31. The summed E-state index contributed by atoms with van der Waals surface area (Å²) in [5.74, 6) is -0.614. The van der Waals surface area contributed by atoms with E-state index in [9.17, 15) is 9.59 Å². The predicted molar refractivity (Wildman–Crippen MR) is 71.1 cm³/mol. The third-order valence-corrected chi connectivity index (χ3v) is 3.33. The van der Waals surface area contributed by atoms with Crippen LogP contribution in [-0.2, 0) is 16.1 Å². The molecule has 0 bridgehead atoms. The standard InChI is InChI=1S/C12H13N3O3S/c1-18-12(17)11-9(4-8-19-11)14-10(16)3-7-15-6-2-5-13-15/h2,4-6,8H,3,7H2,1H3,(H,14,16). The van der Waals surface area contributed by atoms with Crippen molar-refractivity contribution in [1.29, 1.82) is 0 Å². The van der Waals surface area contributed by atoms with Crippen LogP contribution in [-0.4, -0.2) is 28.8 Å². The quantitative estimate of drug-likeness (QED) is 0.846. The second kappa shape index (κ2) is 6.14. The Bertz CT molecular complexity index is 563. The lowest BCUT2D eigenvalue weighted by molar-refractivity contribution is -0.116. The van der Waals surface area contributed by atoms with Crippen molar-refractivity contribution >= 4 is 28.9 Å². The van der Waals surface area contributed by atoms with E-state index in [0.717, 1.165) is 0 Å². The molecule has 6 nitrogen and oxygen atoms in total. The zero-order chi connectivity index (χ0) is 13.7. The van der Waals surface area contributed by atoms with E-state index in [-0.39, 0.29) is 12.3 Å². The van der Waals surface area contributed by atoms with Gasteiger partial charge in [-0.1, -0.05) is 0 Å². The Morgan fingerprint density at radius 2 is 2.37 bits per heavy atom. The Morgan fingerprint density at radius 3 is 3.05 bits per heavy atom. The average Bonchev–Trinajstić information content (AvgIpc) is 3.06. The SMILES string of the molecule is COC(=O)c1sccc1NC(=O)CCn1cccn1. The number of aryl methyl sites for hydroxylation is 1. The number of anilines is 1. The molecule has 0 saturated heterocycles. The van der Waals surface area contributed by atoms with Gasteiger partial charge < -0.3 is 10.1 Å². The van der Waals surface area contributed by atoms with Crippen LogP contribution in [0.3, 0.4) is 0 Å². The van der Waals surface area contributed by atoms with Crippen molar-refractivity contribution in [3.8, 4) is 0 Å². The molecule has 0 aliphatic rings. The number of carbonyl (C=O) groups is 2. The second-order valence-corrected chi connectivity index (χ2v) is 4.64. The van der Waals surface area contributed by atoms with Crippen molar-refractivity contribution in [3.63, 3.8) is 0 Å². The molecule has 100 valence electrons. The van der Waals surface area contributed by atoms with Gasteiger partial charge in [0, 0.05) is 25.4 Å². The molecule has 2 aromatic rings. The van der Waals surface area contributed by atoms with Gasteiger partial charge in [-0.15, -0.1) is 11.3 Å². The summed E-state index contributed by atoms with van der Waals surface area (Å²) in [5.41, 5.74) is 0.488. The molecule has 0 aliphatic carbocycles. The maximum atomic E-state index is 11.8. The molecule has 0 aliphatic heterocycles. The summed E-state index contributed by atoms with van der Waals surface area (Å²) in [5, 5.41) is 8.44. The molecule has 0 radical (unpaired) electrons. The lowest BCUT2D eigenvalue weighted by Gasteiger charge is -2.05. The largest absolute Gasteiger partial charge is 0.465 e. The van der Waals surface area contributed by atoms with Crippen LogP contribution in [0.15, 0.2) is 29.9 Å². The average molecular weight is 279 g/mol. The Hall–Kier alpha value is -2.15. The van der Waals surface area contributed by atoms with E-state index in [2.05, 4.69) is 15.2 Å². The molecule has 2 aromatic heterocycles. The number of nitrogens with one attached hydrogen (secondary N) is 1. The minimum absolute atomic E-state index is 0.168. The Kier molecular flexibility index (Phi) is 4.30. The Labute approximate surface area is 114 Å². The van der Waals surface area contributed by atoms with Crippen LogP contribution >= 0.6 is 11.3 Å². The van der Waals surface area contributed by atoms with Gasteiger partial charge in [-0.25, -0.2) is 4.79 Å². The smallest absolute Gasteiger partial charge is 0.350 e. The zero-order valence-electron chi connectivity index (χ0n) is 10.3.